The fourth-order valence-corrected chi connectivity index (χ4v) is 3.98. The second-order valence-electron chi connectivity index (χ2n) is 6.74. The van der Waals surface area contributed by atoms with Gasteiger partial charge in [-0.2, -0.15) is 0 Å². The molecule has 7 heteroatoms. The van der Waals surface area contributed by atoms with Crippen LogP contribution in [0.5, 0.6) is 0 Å². The van der Waals surface area contributed by atoms with Gasteiger partial charge in [-0.05, 0) is 12.1 Å². The Hall–Kier alpha value is -2.64. The molecular formula is C19H21N5O2. The summed E-state index contributed by atoms with van der Waals surface area (Å²) < 4.78 is 5.66. The van der Waals surface area contributed by atoms with E-state index in [4.69, 9.17) is 9.72 Å². The van der Waals surface area contributed by atoms with E-state index in [0.29, 0.717) is 19.8 Å². The summed E-state index contributed by atoms with van der Waals surface area (Å²) in [4.78, 5) is 17.3. The third kappa shape index (κ3) is 2.43. The number of aromatic nitrogens is 3. The molecule has 1 saturated heterocycles. The SMILES string of the molecule is OCCN1CC2COCCN2c2nc(-c3cccc4[nH]ccc34)ncc21. The van der Waals surface area contributed by atoms with Gasteiger partial charge in [0.1, 0.15) is 0 Å². The Kier molecular flexibility index (Phi) is 3.76. The van der Waals surface area contributed by atoms with Crippen LogP contribution in [0.3, 0.4) is 0 Å². The van der Waals surface area contributed by atoms with Gasteiger partial charge in [0.05, 0.1) is 37.7 Å². The number of nitrogens with zero attached hydrogens (tertiary/aromatic N) is 4. The number of aromatic amines is 1. The molecule has 5 rings (SSSR count). The zero-order chi connectivity index (χ0) is 17.5. The van der Waals surface area contributed by atoms with Crippen LogP contribution in [0.4, 0.5) is 11.5 Å². The van der Waals surface area contributed by atoms with Crippen LogP contribution in [0.25, 0.3) is 22.3 Å². The fraction of sp³-hybridized carbons (Fsp3) is 0.368. The van der Waals surface area contributed by atoms with Gasteiger partial charge in [0.2, 0.25) is 0 Å². The molecule has 3 aromatic rings. The average Bonchev–Trinajstić information content (AvgIpc) is 3.17. The molecule has 0 amide bonds. The van der Waals surface area contributed by atoms with Crippen molar-refractivity contribution in [3.05, 3.63) is 36.7 Å². The van der Waals surface area contributed by atoms with Crippen molar-refractivity contribution in [2.24, 2.45) is 0 Å². The highest BCUT2D eigenvalue weighted by atomic mass is 16.5. The molecule has 1 fully saturated rings. The molecule has 134 valence electrons. The highest BCUT2D eigenvalue weighted by molar-refractivity contribution is 5.93. The Morgan fingerprint density at radius 2 is 2.27 bits per heavy atom. The summed E-state index contributed by atoms with van der Waals surface area (Å²) in [5.41, 5.74) is 3.09. The maximum atomic E-state index is 9.44. The van der Waals surface area contributed by atoms with E-state index in [1.54, 1.807) is 0 Å². The average molecular weight is 351 g/mol. The summed E-state index contributed by atoms with van der Waals surface area (Å²) in [6, 6.07) is 8.45. The number of hydrogen-bond donors (Lipinski definition) is 2. The van der Waals surface area contributed by atoms with Crippen molar-refractivity contribution in [3.8, 4) is 11.4 Å². The number of aliphatic hydroxyl groups is 1. The van der Waals surface area contributed by atoms with E-state index in [0.717, 1.165) is 46.9 Å². The first kappa shape index (κ1) is 15.6. The van der Waals surface area contributed by atoms with Gasteiger partial charge in [0, 0.05) is 42.3 Å². The van der Waals surface area contributed by atoms with Crippen LogP contribution < -0.4 is 9.80 Å². The van der Waals surface area contributed by atoms with E-state index in [1.165, 1.54) is 0 Å². The molecule has 2 aliphatic heterocycles. The maximum absolute atomic E-state index is 9.44. The van der Waals surface area contributed by atoms with E-state index in [9.17, 15) is 5.11 Å². The van der Waals surface area contributed by atoms with Crippen LogP contribution in [0.1, 0.15) is 0 Å². The van der Waals surface area contributed by atoms with E-state index >= 15 is 0 Å². The van der Waals surface area contributed by atoms with Crippen molar-refractivity contribution in [1.82, 2.24) is 15.0 Å². The van der Waals surface area contributed by atoms with E-state index < -0.39 is 0 Å². The van der Waals surface area contributed by atoms with Gasteiger partial charge in [0.25, 0.3) is 0 Å². The molecule has 7 nitrogen and oxygen atoms in total. The molecule has 1 aromatic carbocycles. The predicted octanol–water partition coefficient (Wildman–Crippen LogP) is 1.64. The van der Waals surface area contributed by atoms with Gasteiger partial charge in [-0.1, -0.05) is 12.1 Å². The molecule has 2 aliphatic rings. The van der Waals surface area contributed by atoms with Crippen molar-refractivity contribution in [2.75, 3.05) is 49.3 Å². The molecular weight excluding hydrogens is 330 g/mol. The lowest BCUT2D eigenvalue weighted by molar-refractivity contribution is 0.0933. The first-order valence-corrected chi connectivity index (χ1v) is 8.99. The van der Waals surface area contributed by atoms with Crippen molar-refractivity contribution < 1.29 is 9.84 Å². The lowest BCUT2D eigenvalue weighted by atomic mass is 10.1. The molecule has 1 unspecified atom stereocenters. The molecule has 0 radical (unpaired) electrons. The first-order chi connectivity index (χ1) is 12.8. The lowest BCUT2D eigenvalue weighted by Gasteiger charge is -2.45. The van der Waals surface area contributed by atoms with Gasteiger partial charge in [0.15, 0.2) is 11.6 Å². The molecule has 1 atom stereocenters. The Bertz CT molecular complexity index is 941. The van der Waals surface area contributed by atoms with Crippen LogP contribution >= 0.6 is 0 Å². The van der Waals surface area contributed by atoms with Crippen LogP contribution in [-0.4, -0.2) is 65.6 Å². The minimum Gasteiger partial charge on any atom is -0.395 e. The minimum absolute atomic E-state index is 0.109. The number of benzene rings is 1. The second-order valence-corrected chi connectivity index (χ2v) is 6.74. The quantitative estimate of drug-likeness (QED) is 0.747. The summed E-state index contributed by atoms with van der Waals surface area (Å²) in [5, 5.41) is 10.6. The zero-order valence-corrected chi connectivity index (χ0v) is 14.4. The molecule has 2 N–H and O–H groups in total. The smallest absolute Gasteiger partial charge is 0.162 e. The third-order valence-electron chi connectivity index (χ3n) is 5.23. The normalized spacial score (nSPS) is 19.5. The maximum Gasteiger partial charge on any atom is 0.162 e. The molecule has 0 saturated carbocycles. The van der Waals surface area contributed by atoms with Crippen molar-refractivity contribution in [2.45, 2.75) is 6.04 Å². The summed E-state index contributed by atoms with van der Waals surface area (Å²) in [7, 11) is 0. The number of hydrogen-bond acceptors (Lipinski definition) is 6. The molecule has 4 heterocycles. The van der Waals surface area contributed by atoms with Gasteiger partial charge in [-0.3, -0.25) is 0 Å². The number of ether oxygens (including phenoxy) is 1. The highest BCUT2D eigenvalue weighted by Crippen LogP contribution is 2.36. The zero-order valence-electron chi connectivity index (χ0n) is 14.4. The fourth-order valence-electron chi connectivity index (χ4n) is 3.98. The number of β-amino-alcohol motifs (C(OH)–C–C–N with tert-alkyl or cyclic N) is 1. The summed E-state index contributed by atoms with van der Waals surface area (Å²) in [6.07, 6.45) is 3.83. The Labute approximate surface area is 151 Å². The van der Waals surface area contributed by atoms with E-state index in [2.05, 4.69) is 38.0 Å². The largest absolute Gasteiger partial charge is 0.395 e. The number of H-pyrrole nitrogens is 1. The van der Waals surface area contributed by atoms with Crippen molar-refractivity contribution in [1.29, 1.82) is 0 Å². The summed E-state index contributed by atoms with van der Waals surface area (Å²) >= 11 is 0. The number of fused-ring (bicyclic) bond motifs is 4. The molecule has 26 heavy (non-hydrogen) atoms. The van der Waals surface area contributed by atoms with Gasteiger partial charge >= 0.3 is 0 Å². The standard InChI is InChI=1S/C19H21N5O2/c25-8-6-23-11-13-12-26-9-7-24(13)19-17(23)10-21-18(22-19)15-2-1-3-16-14(15)4-5-20-16/h1-5,10,13,20,25H,6-9,11-12H2. The molecule has 0 aliphatic carbocycles. The molecule has 2 aromatic heterocycles. The Balaban J connectivity index is 1.63. The third-order valence-corrected chi connectivity index (χ3v) is 5.23. The Morgan fingerprint density at radius 1 is 1.31 bits per heavy atom. The summed E-state index contributed by atoms with van der Waals surface area (Å²) in [6.45, 7) is 3.74. The topological polar surface area (TPSA) is 77.5 Å². The van der Waals surface area contributed by atoms with Crippen molar-refractivity contribution in [3.63, 3.8) is 0 Å². The van der Waals surface area contributed by atoms with Crippen LogP contribution in [0.2, 0.25) is 0 Å². The number of aliphatic hydroxyl groups excluding tert-OH is 1. The van der Waals surface area contributed by atoms with Gasteiger partial charge in [-0.15, -0.1) is 0 Å². The number of nitrogens with one attached hydrogen (secondary N) is 1. The van der Waals surface area contributed by atoms with Crippen LogP contribution in [0.15, 0.2) is 36.7 Å². The van der Waals surface area contributed by atoms with Gasteiger partial charge < -0.3 is 24.6 Å². The number of rotatable bonds is 3. The van der Waals surface area contributed by atoms with Gasteiger partial charge in [-0.25, -0.2) is 9.97 Å². The molecule has 0 spiro atoms. The molecule has 0 bridgehead atoms. The lowest BCUT2D eigenvalue weighted by Crippen LogP contribution is -2.56. The van der Waals surface area contributed by atoms with E-state index in [-0.39, 0.29) is 12.6 Å². The Morgan fingerprint density at radius 3 is 3.19 bits per heavy atom. The van der Waals surface area contributed by atoms with Crippen LogP contribution in [-0.2, 0) is 4.74 Å². The van der Waals surface area contributed by atoms with Crippen molar-refractivity contribution >= 4 is 22.4 Å². The minimum atomic E-state index is 0.109. The number of anilines is 2. The predicted molar refractivity (Wildman–Crippen MR) is 101 cm³/mol. The second kappa shape index (κ2) is 6.26. The van der Waals surface area contributed by atoms with E-state index in [1.807, 2.05) is 18.5 Å². The first-order valence-electron chi connectivity index (χ1n) is 8.99. The number of morpholine rings is 1. The summed E-state index contributed by atoms with van der Waals surface area (Å²) in [5.74, 6) is 1.67. The highest BCUT2D eigenvalue weighted by Gasteiger charge is 2.34. The monoisotopic (exact) mass is 351 g/mol. The van der Waals surface area contributed by atoms with Crippen LogP contribution in [0, 0.1) is 0 Å².